The molecule has 2 saturated heterocycles. The Balaban J connectivity index is 0.837. The molecular formula is C46H56ClN8O5P. The van der Waals surface area contributed by atoms with E-state index in [1.165, 1.54) is 31.0 Å². The fraction of sp³-hybridized carbons (Fsp3) is 0.435. The Bertz CT molecular complexity index is 2340. The summed E-state index contributed by atoms with van der Waals surface area (Å²) in [5.74, 6) is 2.92. The number of carbonyl (C=O) groups excluding carboxylic acids is 3. The number of ether oxygens (including phenoxy) is 1. The van der Waals surface area contributed by atoms with Gasteiger partial charge < -0.3 is 34.6 Å². The first-order chi connectivity index (χ1) is 29.4. The van der Waals surface area contributed by atoms with Crippen LogP contribution in [0.15, 0.2) is 66.9 Å². The molecule has 13 nitrogen and oxygen atoms in total. The quantitative estimate of drug-likeness (QED) is 0.0412. The van der Waals surface area contributed by atoms with Crippen LogP contribution in [0.1, 0.15) is 74.5 Å². The van der Waals surface area contributed by atoms with E-state index in [1.807, 2.05) is 47.4 Å². The zero-order chi connectivity index (χ0) is 43.1. The average Bonchev–Trinajstić information content (AvgIpc) is 3.63. The van der Waals surface area contributed by atoms with Crippen molar-refractivity contribution in [2.45, 2.75) is 82.8 Å². The van der Waals surface area contributed by atoms with Gasteiger partial charge in [0.05, 0.1) is 24.7 Å². The van der Waals surface area contributed by atoms with Gasteiger partial charge in [0.2, 0.25) is 17.8 Å². The maximum Gasteiger partial charge on any atom is 0.249 e. The van der Waals surface area contributed by atoms with Crippen LogP contribution in [0, 0.1) is 0 Å². The van der Waals surface area contributed by atoms with Crippen molar-refractivity contribution >= 4 is 76.3 Å². The van der Waals surface area contributed by atoms with E-state index in [9.17, 15) is 18.9 Å². The van der Waals surface area contributed by atoms with Gasteiger partial charge in [-0.05, 0) is 101 Å². The lowest BCUT2D eigenvalue weighted by atomic mass is 9.97. The molecule has 4 heterocycles. The molecule has 3 aliphatic rings. The topological polar surface area (TPSA) is 149 Å². The number of hydrogen-bond donors (Lipinski definition) is 3. The summed E-state index contributed by atoms with van der Waals surface area (Å²) in [5.41, 5.74) is 6.13. The normalized spacial score (nSPS) is 17.0. The Morgan fingerprint density at radius 3 is 2.49 bits per heavy atom. The molecule has 0 radical (unpaired) electrons. The van der Waals surface area contributed by atoms with Crippen molar-refractivity contribution in [1.29, 1.82) is 0 Å². The Morgan fingerprint density at radius 2 is 1.74 bits per heavy atom. The van der Waals surface area contributed by atoms with E-state index in [0.717, 1.165) is 79.5 Å². The van der Waals surface area contributed by atoms with Crippen molar-refractivity contribution in [2.24, 2.45) is 0 Å². The van der Waals surface area contributed by atoms with Crippen molar-refractivity contribution in [3.63, 3.8) is 0 Å². The molecule has 15 heteroatoms. The third-order valence-electron chi connectivity index (χ3n) is 12.1. The number of methoxy groups -OCH3 is 1. The van der Waals surface area contributed by atoms with Gasteiger partial charge in [0, 0.05) is 54.7 Å². The van der Waals surface area contributed by atoms with Gasteiger partial charge >= 0.3 is 0 Å². The van der Waals surface area contributed by atoms with Crippen LogP contribution in [0.5, 0.6) is 5.75 Å². The summed E-state index contributed by atoms with van der Waals surface area (Å²) in [6, 6.07) is 19.7. The highest BCUT2D eigenvalue weighted by atomic mass is 35.5. The molecule has 1 aromatic heterocycles. The lowest BCUT2D eigenvalue weighted by Gasteiger charge is -2.38. The molecule has 2 amide bonds. The molecule has 322 valence electrons. The Labute approximate surface area is 363 Å². The molecule has 0 aliphatic carbocycles. The van der Waals surface area contributed by atoms with E-state index in [-0.39, 0.29) is 18.2 Å². The minimum Gasteiger partial charge on any atom is -0.494 e. The average molecular weight is 867 g/mol. The van der Waals surface area contributed by atoms with E-state index in [4.69, 9.17) is 16.3 Å². The fourth-order valence-corrected chi connectivity index (χ4v) is 10.1. The van der Waals surface area contributed by atoms with Crippen LogP contribution < -0.4 is 30.9 Å². The Hall–Kier alpha value is -5.19. The smallest absolute Gasteiger partial charge is 0.249 e. The molecule has 4 aromatic rings. The standard InChI is InChI=1S/C46H56ClN8O5P/c1-53(24-11-7-5-6-8-13-31-14-12-15-34-35(31)29-55(40(34)30-56)39-20-21-43(57)51-45(39)58)32-22-25-54(26-23-32)33-18-19-37(41(27-33)60-2)50-46-48-28-36(47)44(52-46)49-38-16-9-10-17-42(38)61(3,4)59/h9-10,12,14-19,27-28,32,39H,5-8,11,13,20-26,29H2,1-4H3,(H,51,57,58)(H2,48,49,50,52). The third-order valence-corrected chi connectivity index (χ3v) is 14.0. The molecule has 61 heavy (non-hydrogen) atoms. The van der Waals surface area contributed by atoms with Gasteiger partial charge in [-0.25, -0.2) is 9.78 Å². The van der Waals surface area contributed by atoms with E-state index < -0.39 is 13.2 Å². The number of benzene rings is 3. The number of nitrogens with one attached hydrogen (secondary N) is 3. The van der Waals surface area contributed by atoms with Crippen LogP contribution in [0.4, 0.5) is 28.8 Å². The highest BCUT2D eigenvalue weighted by Gasteiger charge is 2.38. The fourth-order valence-electron chi connectivity index (χ4n) is 8.79. The van der Waals surface area contributed by atoms with E-state index in [0.29, 0.717) is 52.9 Å². The van der Waals surface area contributed by atoms with Crippen molar-refractivity contribution in [2.75, 3.05) is 62.7 Å². The predicted molar refractivity (Wildman–Crippen MR) is 244 cm³/mol. The highest BCUT2D eigenvalue weighted by molar-refractivity contribution is 7.70. The lowest BCUT2D eigenvalue weighted by Crippen LogP contribution is -2.50. The minimum absolute atomic E-state index is 0.262. The summed E-state index contributed by atoms with van der Waals surface area (Å²) >= 11 is 6.48. The van der Waals surface area contributed by atoms with Crippen LogP contribution >= 0.6 is 18.7 Å². The number of carbonyl (C=O) groups is 2. The summed E-state index contributed by atoms with van der Waals surface area (Å²) in [6.07, 6.45) is 11.1. The van der Waals surface area contributed by atoms with Crippen molar-refractivity contribution in [1.82, 2.24) is 25.1 Å². The van der Waals surface area contributed by atoms with Crippen molar-refractivity contribution < 1.29 is 23.7 Å². The number of halogens is 1. The van der Waals surface area contributed by atoms with Gasteiger partial charge in [0.15, 0.2) is 11.8 Å². The first-order valence-electron chi connectivity index (χ1n) is 21.2. The zero-order valence-electron chi connectivity index (χ0n) is 35.5. The summed E-state index contributed by atoms with van der Waals surface area (Å²) in [7, 11) is 1.37. The van der Waals surface area contributed by atoms with Gasteiger partial charge in [-0.2, -0.15) is 4.98 Å². The predicted octanol–water partition coefficient (Wildman–Crippen LogP) is 7.76. The first kappa shape index (κ1) is 43.9. The molecule has 1 atom stereocenters. The second-order valence-corrected chi connectivity index (χ2v) is 20.2. The second kappa shape index (κ2) is 19.7. The Morgan fingerprint density at radius 1 is 0.967 bits per heavy atom. The van der Waals surface area contributed by atoms with Gasteiger partial charge in [-0.1, -0.05) is 61.2 Å². The third kappa shape index (κ3) is 10.5. The second-order valence-electron chi connectivity index (χ2n) is 16.6. The lowest BCUT2D eigenvalue weighted by molar-refractivity contribution is -0.136. The zero-order valence-corrected chi connectivity index (χ0v) is 37.2. The molecule has 0 bridgehead atoms. The molecule has 0 spiro atoms. The molecule has 3 aromatic carbocycles. The minimum atomic E-state index is -2.54. The number of aromatic nitrogens is 2. The number of anilines is 5. The number of piperidine rings is 2. The Kier molecular flexibility index (Phi) is 14.2. The summed E-state index contributed by atoms with van der Waals surface area (Å²) in [4.78, 5) is 52.1. The molecule has 2 fully saturated rings. The number of para-hydroxylation sites is 1. The monoisotopic (exact) mass is 866 g/mol. The summed E-state index contributed by atoms with van der Waals surface area (Å²) < 4.78 is 18.7. The van der Waals surface area contributed by atoms with Gasteiger partial charge in [-0.3, -0.25) is 14.9 Å². The number of nitrogens with zero attached hydrogens (tertiary/aromatic N) is 5. The van der Waals surface area contributed by atoms with Gasteiger partial charge in [-0.15, -0.1) is 0 Å². The highest BCUT2D eigenvalue weighted by Crippen LogP contribution is 2.40. The van der Waals surface area contributed by atoms with E-state index >= 15 is 0 Å². The van der Waals surface area contributed by atoms with E-state index in [2.05, 4.69) is 66.9 Å². The van der Waals surface area contributed by atoms with Gasteiger partial charge in [0.1, 0.15) is 29.7 Å². The van der Waals surface area contributed by atoms with Crippen LogP contribution in [0.2, 0.25) is 5.02 Å². The molecule has 7 rings (SSSR count). The molecule has 3 N–H and O–H groups in total. The number of imide groups is 1. The van der Waals surface area contributed by atoms with Crippen LogP contribution in [-0.2, 0) is 31.9 Å². The number of fused-ring (bicyclic) bond motifs is 1. The number of aryl methyl sites for hydroxylation is 1. The summed E-state index contributed by atoms with van der Waals surface area (Å²) in [5, 5.41) is 10.0. The molecule has 0 saturated carbocycles. The van der Waals surface area contributed by atoms with Crippen LogP contribution in [0.25, 0.3) is 5.70 Å². The van der Waals surface area contributed by atoms with Crippen LogP contribution in [0.3, 0.4) is 0 Å². The van der Waals surface area contributed by atoms with Crippen molar-refractivity contribution in [3.05, 3.63) is 88.6 Å². The van der Waals surface area contributed by atoms with Gasteiger partial charge in [0.25, 0.3) is 0 Å². The molecule has 1 unspecified atom stereocenters. The van der Waals surface area contributed by atoms with Crippen molar-refractivity contribution in [3.8, 4) is 5.75 Å². The first-order valence-corrected chi connectivity index (χ1v) is 24.2. The largest absolute Gasteiger partial charge is 0.494 e. The summed E-state index contributed by atoms with van der Waals surface area (Å²) in [6.45, 7) is 6.97. The molecular weight excluding hydrogens is 811 g/mol. The maximum absolute atomic E-state index is 12.9. The van der Waals surface area contributed by atoms with Crippen LogP contribution in [-0.4, -0.2) is 96.7 Å². The number of hydrogen-bond acceptors (Lipinski definition) is 12. The SMILES string of the molecule is COc1cc(N2CCC(N(C)CCCCCCCc3cccc4c3CN(C3CCC(=O)NC3=O)C4=C=O)CC2)ccc1Nc1ncc(Cl)c(Nc2ccccc2P(C)(C)=O)n1. The molecule has 3 aliphatic heterocycles. The number of amides is 2. The number of rotatable bonds is 17. The number of unbranched alkanes of at least 4 members (excludes halogenated alkanes) is 4. The van der Waals surface area contributed by atoms with E-state index in [1.54, 1.807) is 20.4 Å². The maximum atomic E-state index is 12.9.